The van der Waals surface area contributed by atoms with Crippen LogP contribution in [0, 0.1) is 0 Å². The van der Waals surface area contributed by atoms with Crippen LogP contribution in [0.25, 0.3) is 0 Å². The van der Waals surface area contributed by atoms with Gasteiger partial charge in [-0.1, -0.05) is 15.9 Å². The van der Waals surface area contributed by atoms with Crippen LogP contribution in [0.2, 0.25) is 0 Å². The number of rotatable bonds is 6. The van der Waals surface area contributed by atoms with Gasteiger partial charge in [0.25, 0.3) is 5.56 Å². The predicted molar refractivity (Wildman–Crippen MR) is 84.6 cm³/mol. The number of hydrogen-bond acceptors (Lipinski definition) is 5. The van der Waals surface area contributed by atoms with Gasteiger partial charge in [0.2, 0.25) is 5.91 Å². The van der Waals surface area contributed by atoms with Gasteiger partial charge in [-0.3, -0.25) is 9.59 Å². The van der Waals surface area contributed by atoms with Crippen LogP contribution >= 0.6 is 15.9 Å². The van der Waals surface area contributed by atoms with Crippen molar-refractivity contribution in [1.29, 1.82) is 0 Å². The molecule has 2 heterocycles. The number of carbonyl (C=O) groups is 2. The maximum absolute atomic E-state index is 12.1. The molecule has 0 fully saturated rings. The topological polar surface area (TPSA) is 106 Å². The van der Waals surface area contributed by atoms with Gasteiger partial charge in [-0.05, 0) is 6.07 Å². The highest BCUT2D eigenvalue weighted by Crippen LogP contribution is 2.04. The Bertz CT molecular complexity index is 741. The van der Waals surface area contributed by atoms with E-state index in [0.717, 1.165) is 0 Å². The number of aromatic amines is 1. The van der Waals surface area contributed by atoms with Crippen LogP contribution < -0.4 is 10.9 Å². The first-order valence-electron chi connectivity index (χ1n) is 6.70. The summed E-state index contributed by atoms with van der Waals surface area (Å²) in [7, 11) is 1.24. The fourth-order valence-corrected chi connectivity index (χ4v) is 2.27. The Hall–Kier alpha value is -2.42. The van der Waals surface area contributed by atoms with Crippen LogP contribution in [0.5, 0.6) is 0 Å². The summed E-state index contributed by atoms with van der Waals surface area (Å²) < 4.78 is 6.56. The normalized spacial score (nSPS) is 11.7. The lowest BCUT2D eigenvalue weighted by atomic mass is 10.1. The molecule has 1 atom stereocenters. The fraction of sp³-hybridized carbons (Fsp3) is 0.286. The molecule has 2 N–H and O–H groups in total. The molecule has 0 radical (unpaired) electrons. The molecule has 2 rings (SSSR count). The van der Waals surface area contributed by atoms with Gasteiger partial charge in [0.15, 0.2) is 0 Å². The molecule has 9 heteroatoms. The lowest BCUT2D eigenvalue weighted by Gasteiger charge is -2.16. The third-order valence-electron chi connectivity index (χ3n) is 3.07. The van der Waals surface area contributed by atoms with Crippen LogP contribution in [-0.4, -0.2) is 39.6 Å². The lowest BCUT2D eigenvalue weighted by molar-refractivity contribution is -0.145. The SMILES string of the molecule is COC(=O)[C@H](Cc1cnc[nH]1)NC(=O)Cn1ccc(Br)cc1=O. The van der Waals surface area contributed by atoms with Crippen molar-refractivity contribution in [2.75, 3.05) is 7.11 Å². The maximum atomic E-state index is 12.1. The molecule has 0 aliphatic heterocycles. The Labute approximate surface area is 140 Å². The molecule has 0 aliphatic rings. The van der Waals surface area contributed by atoms with E-state index in [1.807, 2.05) is 0 Å². The number of imidazole rings is 1. The molecule has 8 nitrogen and oxygen atoms in total. The molecule has 23 heavy (non-hydrogen) atoms. The van der Waals surface area contributed by atoms with E-state index >= 15 is 0 Å². The summed E-state index contributed by atoms with van der Waals surface area (Å²) in [4.78, 5) is 42.4. The van der Waals surface area contributed by atoms with Gasteiger partial charge in [0.1, 0.15) is 12.6 Å². The van der Waals surface area contributed by atoms with E-state index in [1.54, 1.807) is 12.3 Å². The number of aromatic nitrogens is 3. The number of esters is 1. The summed E-state index contributed by atoms with van der Waals surface area (Å²) in [5.74, 6) is -1.04. The second-order valence-electron chi connectivity index (χ2n) is 4.74. The Balaban J connectivity index is 2.04. The van der Waals surface area contributed by atoms with Gasteiger partial charge in [-0.25, -0.2) is 9.78 Å². The monoisotopic (exact) mass is 382 g/mol. The molecule has 0 aliphatic carbocycles. The van der Waals surface area contributed by atoms with Gasteiger partial charge in [-0.2, -0.15) is 0 Å². The quantitative estimate of drug-likeness (QED) is 0.695. The minimum atomic E-state index is -0.862. The first-order valence-corrected chi connectivity index (χ1v) is 7.49. The van der Waals surface area contributed by atoms with Crippen LogP contribution in [0.15, 0.2) is 40.1 Å². The van der Waals surface area contributed by atoms with E-state index in [4.69, 9.17) is 0 Å². The van der Waals surface area contributed by atoms with E-state index < -0.39 is 17.9 Å². The van der Waals surface area contributed by atoms with Crippen molar-refractivity contribution in [3.8, 4) is 0 Å². The van der Waals surface area contributed by atoms with Crippen molar-refractivity contribution in [2.24, 2.45) is 0 Å². The van der Waals surface area contributed by atoms with E-state index in [0.29, 0.717) is 10.2 Å². The smallest absolute Gasteiger partial charge is 0.328 e. The number of hydrogen-bond donors (Lipinski definition) is 2. The van der Waals surface area contributed by atoms with Crippen molar-refractivity contribution in [3.05, 3.63) is 51.4 Å². The first-order chi connectivity index (χ1) is 11.0. The van der Waals surface area contributed by atoms with Crippen molar-refractivity contribution < 1.29 is 14.3 Å². The molecule has 0 saturated heterocycles. The third kappa shape index (κ3) is 4.78. The zero-order valence-electron chi connectivity index (χ0n) is 12.3. The van der Waals surface area contributed by atoms with Crippen molar-refractivity contribution in [3.63, 3.8) is 0 Å². The van der Waals surface area contributed by atoms with E-state index in [2.05, 4.69) is 36.0 Å². The zero-order chi connectivity index (χ0) is 16.8. The van der Waals surface area contributed by atoms with Crippen LogP contribution in [0.4, 0.5) is 0 Å². The summed E-state index contributed by atoms with van der Waals surface area (Å²) in [6, 6.07) is 2.14. The summed E-state index contributed by atoms with van der Waals surface area (Å²) in [6.07, 6.45) is 4.75. The van der Waals surface area contributed by atoms with E-state index in [-0.39, 0.29) is 18.5 Å². The Morgan fingerprint density at radius 1 is 1.52 bits per heavy atom. The Kier molecular flexibility index (Phi) is 5.69. The second-order valence-corrected chi connectivity index (χ2v) is 5.65. The van der Waals surface area contributed by atoms with Gasteiger partial charge >= 0.3 is 5.97 Å². The van der Waals surface area contributed by atoms with Gasteiger partial charge < -0.3 is 19.6 Å². The maximum Gasteiger partial charge on any atom is 0.328 e. The Morgan fingerprint density at radius 2 is 2.30 bits per heavy atom. The molecule has 0 unspecified atom stereocenters. The van der Waals surface area contributed by atoms with Crippen molar-refractivity contribution in [2.45, 2.75) is 19.0 Å². The predicted octanol–water partition coefficient (Wildman–Crippen LogP) is 0.234. The molecule has 0 spiro atoms. The van der Waals surface area contributed by atoms with Gasteiger partial charge in [-0.15, -0.1) is 0 Å². The fourth-order valence-electron chi connectivity index (χ4n) is 1.96. The summed E-state index contributed by atoms with van der Waals surface area (Å²) >= 11 is 3.18. The first kappa shape index (κ1) is 16.9. The molecule has 122 valence electrons. The molecule has 1 amide bonds. The largest absolute Gasteiger partial charge is 0.467 e. The van der Waals surface area contributed by atoms with Crippen LogP contribution in [0.3, 0.4) is 0 Å². The number of nitrogens with zero attached hydrogens (tertiary/aromatic N) is 2. The molecule has 2 aromatic rings. The van der Waals surface area contributed by atoms with E-state index in [1.165, 1.54) is 30.3 Å². The standard InChI is InChI=1S/C14H15BrN4O4/c1-23-14(22)11(5-10-6-16-8-17-10)18-12(20)7-19-3-2-9(15)4-13(19)21/h2-4,6,8,11H,5,7H2,1H3,(H,16,17)(H,18,20)/t11-/m0/s1. The van der Waals surface area contributed by atoms with Crippen molar-refractivity contribution >= 4 is 27.8 Å². The summed E-state index contributed by atoms with van der Waals surface area (Å²) in [5.41, 5.74) is 0.360. The summed E-state index contributed by atoms with van der Waals surface area (Å²) in [5, 5.41) is 2.56. The molecular formula is C14H15BrN4O4. The van der Waals surface area contributed by atoms with Crippen LogP contribution in [0.1, 0.15) is 5.69 Å². The molecule has 0 saturated carbocycles. The second kappa shape index (κ2) is 7.73. The Morgan fingerprint density at radius 3 is 2.91 bits per heavy atom. The molecule has 0 bridgehead atoms. The number of methoxy groups -OCH3 is 1. The third-order valence-corrected chi connectivity index (χ3v) is 3.57. The molecule has 2 aromatic heterocycles. The lowest BCUT2D eigenvalue weighted by Crippen LogP contribution is -2.45. The minimum Gasteiger partial charge on any atom is -0.467 e. The highest BCUT2D eigenvalue weighted by atomic mass is 79.9. The van der Waals surface area contributed by atoms with E-state index in [9.17, 15) is 14.4 Å². The summed E-state index contributed by atoms with van der Waals surface area (Å²) in [6.45, 7) is -0.192. The number of carbonyl (C=O) groups excluding carboxylic acids is 2. The average Bonchev–Trinajstić information content (AvgIpc) is 3.01. The molecule has 0 aromatic carbocycles. The number of H-pyrrole nitrogens is 1. The highest BCUT2D eigenvalue weighted by Gasteiger charge is 2.22. The highest BCUT2D eigenvalue weighted by molar-refractivity contribution is 9.10. The van der Waals surface area contributed by atoms with Gasteiger partial charge in [0.05, 0.1) is 13.4 Å². The van der Waals surface area contributed by atoms with Crippen LogP contribution in [-0.2, 0) is 27.3 Å². The number of pyridine rings is 1. The number of nitrogens with one attached hydrogen (secondary N) is 2. The number of amides is 1. The number of halogens is 1. The number of ether oxygens (including phenoxy) is 1. The molecular weight excluding hydrogens is 368 g/mol. The minimum absolute atomic E-state index is 0.192. The zero-order valence-corrected chi connectivity index (χ0v) is 13.9. The van der Waals surface area contributed by atoms with Gasteiger partial charge in [0, 0.05) is 35.0 Å². The average molecular weight is 383 g/mol. The van der Waals surface area contributed by atoms with Crippen molar-refractivity contribution in [1.82, 2.24) is 19.9 Å².